The molecule has 0 bridgehead atoms. The second-order valence-corrected chi connectivity index (χ2v) is 8.43. The first-order valence-electron chi connectivity index (χ1n) is 11.0. The summed E-state index contributed by atoms with van der Waals surface area (Å²) in [5, 5.41) is 12.9. The lowest BCUT2D eigenvalue weighted by Crippen LogP contribution is -2.57. The molecule has 5 N–H and O–H groups in total. The zero-order valence-corrected chi connectivity index (χ0v) is 18.5. The Balaban J connectivity index is 1.42. The Morgan fingerprint density at radius 1 is 1.15 bits per heavy atom. The smallest absolute Gasteiger partial charge is 0.251 e. The molecule has 3 aromatic rings. The van der Waals surface area contributed by atoms with Gasteiger partial charge in [-0.05, 0) is 56.2 Å². The van der Waals surface area contributed by atoms with Gasteiger partial charge < -0.3 is 15.8 Å². The largest absolute Gasteiger partial charge is 0.489 e. The van der Waals surface area contributed by atoms with Crippen molar-refractivity contribution in [2.75, 3.05) is 0 Å². The molecule has 0 aliphatic heterocycles. The first kappa shape index (κ1) is 22.7. The van der Waals surface area contributed by atoms with E-state index < -0.39 is 17.9 Å². The molecule has 3 unspecified atom stereocenters. The number of hydrogen-bond acceptors (Lipinski definition) is 6. The van der Waals surface area contributed by atoms with E-state index in [2.05, 4.69) is 10.3 Å². The summed E-state index contributed by atoms with van der Waals surface area (Å²) in [6, 6.07) is 15.9. The summed E-state index contributed by atoms with van der Waals surface area (Å²) in [6.45, 7) is 2.33. The number of aryl methyl sites for hydroxylation is 1. The van der Waals surface area contributed by atoms with Crippen LogP contribution >= 0.6 is 0 Å². The second-order valence-electron chi connectivity index (χ2n) is 8.43. The topological polar surface area (TPSA) is 127 Å². The quantitative estimate of drug-likeness (QED) is 0.339. The lowest BCUT2D eigenvalue weighted by molar-refractivity contribution is -0.135. The minimum absolute atomic E-state index is 0.324. The van der Waals surface area contributed by atoms with E-state index in [0.717, 1.165) is 28.6 Å². The summed E-state index contributed by atoms with van der Waals surface area (Å²) in [5.41, 5.74) is 11.2. The number of carbonyl (C=O) groups is 2. The van der Waals surface area contributed by atoms with Gasteiger partial charge in [-0.1, -0.05) is 24.6 Å². The summed E-state index contributed by atoms with van der Waals surface area (Å²) in [4.78, 5) is 29.3. The predicted octanol–water partition coefficient (Wildman–Crippen LogP) is 2.85. The summed E-state index contributed by atoms with van der Waals surface area (Å²) in [5.74, 6) is -0.783. The minimum Gasteiger partial charge on any atom is -0.489 e. The fraction of sp³-hybridized carbons (Fsp3) is 0.320. The van der Waals surface area contributed by atoms with Crippen molar-refractivity contribution < 1.29 is 19.5 Å². The SMILES string of the molecule is Cc1cc(COc2ccc(C(=O)NC3C(N)CCCC3C(=O)NO)cc2)c2ccccc2n1. The van der Waals surface area contributed by atoms with Crippen molar-refractivity contribution in [2.24, 2.45) is 11.7 Å². The molecule has 3 atom stereocenters. The van der Waals surface area contributed by atoms with E-state index in [1.165, 1.54) is 0 Å². The normalized spacial score (nSPS) is 20.3. The van der Waals surface area contributed by atoms with Crippen LogP contribution in [0.15, 0.2) is 54.6 Å². The molecule has 33 heavy (non-hydrogen) atoms. The van der Waals surface area contributed by atoms with Gasteiger partial charge in [0.15, 0.2) is 0 Å². The lowest BCUT2D eigenvalue weighted by atomic mass is 9.80. The van der Waals surface area contributed by atoms with E-state index >= 15 is 0 Å². The minimum atomic E-state index is -0.566. The van der Waals surface area contributed by atoms with Crippen LogP contribution in [0.25, 0.3) is 10.9 Å². The lowest BCUT2D eigenvalue weighted by Gasteiger charge is -2.35. The van der Waals surface area contributed by atoms with Gasteiger partial charge in [0.2, 0.25) is 5.91 Å². The Kier molecular flexibility index (Phi) is 6.86. The van der Waals surface area contributed by atoms with Crippen molar-refractivity contribution >= 4 is 22.7 Å². The second kappa shape index (κ2) is 9.97. The molecule has 2 amide bonds. The van der Waals surface area contributed by atoms with Crippen LogP contribution in [0.1, 0.15) is 40.9 Å². The fourth-order valence-corrected chi connectivity index (χ4v) is 4.43. The molecule has 1 fully saturated rings. The van der Waals surface area contributed by atoms with Crippen LogP contribution in [0.5, 0.6) is 5.75 Å². The van der Waals surface area contributed by atoms with E-state index in [1.807, 2.05) is 37.3 Å². The molecule has 1 saturated carbocycles. The molecular formula is C25H28N4O4. The van der Waals surface area contributed by atoms with Crippen LogP contribution in [-0.2, 0) is 11.4 Å². The van der Waals surface area contributed by atoms with Crippen molar-refractivity contribution in [3.05, 3.63) is 71.4 Å². The first-order chi connectivity index (χ1) is 16.0. The molecule has 1 heterocycles. The summed E-state index contributed by atoms with van der Waals surface area (Å²) in [7, 11) is 0. The van der Waals surface area contributed by atoms with Gasteiger partial charge in [0.1, 0.15) is 12.4 Å². The number of nitrogens with one attached hydrogen (secondary N) is 2. The third-order valence-corrected chi connectivity index (χ3v) is 6.13. The van der Waals surface area contributed by atoms with Gasteiger partial charge in [-0.25, -0.2) is 5.48 Å². The van der Waals surface area contributed by atoms with Crippen LogP contribution in [0.4, 0.5) is 0 Å². The zero-order valence-electron chi connectivity index (χ0n) is 18.5. The number of carbonyl (C=O) groups excluding carboxylic acids is 2. The number of benzene rings is 2. The number of rotatable bonds is 6. The molecule has 2 aromatic carbocycles. The first-order valence-corrected chi connectivity index (χ1v) is 11.0. The molecule has 8 heteroatoms. The summed E-state index contributed by atoms with van der Waals surface area (Å²) >= 11 is 0. The number of hydroxylamine groups is 1. The van der Waals surface area contributed by atoms with Crippen LogP contribution in [0.2, 0.25) is 0 Å². The molecule has 4 rings (SSSR count). The van der Waals surface area contributed by atoms with Crippen molar-refractivity contribution in [1.82, 2.24) is 15.8 Å². The molecular weight excluding hydrogens is 420 g/mol. The highest BCUT2D eigenvalue weighted by atomic mass is 16.5. The van der Waals surface area contributed by atoms with Crippen molar-refractivity contribution in [1.29, 1.82) is 0 Å². The number of fused-ring (bicyclic) bond motifs is 1. The molecule has 1 aromatic heterocycles. The monoisotopic (exact) mass is 448 g/mol. The Bertz CT molecular complexity index is 1150. The predicted molar refractivity (Wildman–Crippen MR) is 124 cm³/mol. The molecule has 8 nitrogen and oxygen atoms in total. The molecule has 172 valence electrons. The zero-order chi connectivity index (χ0) is 23.4. The number of amides is 2. The number of hydrogen-bond donors (Lipinski definition) is 4. The van der Waals surface area contributed by atoms with Crippen LogP contribution < -0.4 is 21.3 Å². The highest BCUT2D eigenvalue weighted by molar-refractivity contribution is 5.95. The standard InChI is InChI=1S/C25H28N4O4/c1-15-13-17(19-5-2-3-8-22(19)27-15)14-33-18-11-9-16(10-12-18)24(30)28-23-20(25(31)29-32)6-4-7-21(23)26/h2-3,5,8-13,20-21,23,32H,4,6-7,14,26H2,1H3,(H,28,30)(H,29,31). The maximum absolute atomic E-state index is 12.8. The summed E-state index contributed by atoms with van der Waals surface area (Å²) in [6.07, 6.45) is 2.03. The Hall–Kier alpha value is -3.49. The van der Waals surface area contributed by atoms with E-state index in [1.54, 1.807) is 29.7 Å². The Morgan fingerprint density at radius 2 is 1.91 bits per heavy atom. The number of aromatic nitrogens is 1. The van der Waals surface area contributed by atoms with Gasteiger partial charge in [-0.2, -0.15) is 0 Å². The molecule has 1 aliphatic rings. The van der Waals surface area contributed by atoms with Gasteiger partial charge in [0.05, 0.1) is 17.5 Å². The van der Waals surface area contributed by atoms with Gasteiger partial charge in [-0.3, -0.25) is 19.8 Å². The van der Waals surface area contributed by atoms with Crippen LogP contribution in [0.3, 0.4) is 0 Å². The molecule has 0 spiro atoms. The number of para-hydroxylation sites is 1. The number of ether oxygens (including phenoxy) is 1. The Morgan fingerprint density at radius 3 is 2.67 bits per heavy atom. The number of nitrogens with zero attached hydrogens (tertiary/aromatic N) is 1. The van der Waals surface area contributed by atoms with Gasteiger partial charge >= 0.3 is 0 Å². The number of nitrogens with two attached hydrogens (primary N) is 1. The van der Waals surface area contributed by atoms with Crippen molar-refractivity contribution in [3.63, 3.8) is 0 Å². The maximum atomic E-state index is 12.8. The van der Waals surface area contributed by atoms with E-state index in [0.29, 0.717) is 30.8 Å². The number of pyridine rings is 1. The summed E-state index contributed by atoms with van der Waals surface area (Å²) < 4.78 is 5.96. The molecule has 0 radical (unpaired) electrons. The third-order valence-electron chi connectivity index (χ3n) is 6.13. The Labute approximate surface area is 192 Å². The highest BCUT2D eigenvalue weighted by Crippen LogP contribution is 2.25. The van der Waals surface area contributed by atoms with Crippen LogP contribution in [-0.4, -0.2) is 34.1 Å². The van der Waals surface area contributed by atoms with Gasteiger partial charge in [0, 0.05) is 28.2 Å². The van der Waals surface area contributed by atoms with Crippen molar-refractivity contribution in [2.45, 2.75) is 44.9 Å². The van der Waals surface area contributed by atoms with E-state index in [4.69, 9.17) is 15.7 Å². The van der Waals surface area contributed by atoms with Gasteiger partial charge in [-0.15, -0.1) is 0 Å². The van der Waals surface area contributed by atoms with E-state index in [-0.39, 0.29) is 11.9 Å². The van der Waals surface area contributed by atoms with Crippen LogP contribution in [0, 0.1) is 12.8 Å². The average molecular weight is 449 g/mol. The van der Waals surface area contributed by atoms with Gasteiger partial charge in [0.25, 0.3) is 5.91 Å². The molecule has 0 saturated heterocycles. The molecule has 1 aliphatic carbocycles. The fourth-order valence-electron chi connectivity index (χ4n) is 4.43. The maximum Gasteiger partial charge on any atom is 0.251 e. The average Bonchev–Trinajstić information content (AvgIpc) is 2.83. The highest BCUT2D eigenvalue weighted by Gasteiger charge is 2.36. The van der Waals surface area contributed by atoms with Crippen molar-refractivity contribution in [3.8, 4) is 5.75 Å². The van der Waals surface area contributed by atoms with E-state index in [9.17, 15) is 9.59 Å². The third kappa shape index (κ3) is 5.13.